The van der Waals surface area contributed by atoms with Gasteiger partial charge in [-0.2, -0.15) is 18.3 Å². The number of aryl methyl sites for hydroxylation is 3. The molecule has 2 aromatic carbocycles. The van der Waals surface area contributed by atoms with Crippen LogP contribution in [0.2, 0.25) is 0 Å². The molecule has 2 aromatic heterocycles. The van der Waals surface area contributed by atoms with Crippen molar-refractivity contribution >= 4 is 16.7 Å². The predicted molar refractivity (Wildman–Crippen MR) is 119 cm³/mol. The molecule has 2 heterocycles. The molecule has 0 saturated heterocycles. The molecule has 0 unspecified atom stereocenters. The predicted octanol–water partition coefficient (Wildman–Crippen LogP) is 6.43. The number of anilines is 1. The minimum atomic E-state index is -4.35. The zero-order chi connectivity index (χ0) is 23.0. The van der Waals surface area contributed by atoms with E-state index in [0.717, 1.165) is 45.7 Å². The summed E-state index contributed by atoms with van der Waals surface area (Å²) in [5.41, 5.74) is 5.35. The molecule has 0 aliphatic rings. The van der Waals surface area contributed by atoms with E-state index in [4.69, 9.17) is 4.52 Å². The van der Waals surface area contributed by atoms with Crippen LogP contribution in [0.3, 0.4) is 0 Å². The molecule has 0 spiro atoms. The van der Waals surface area contributed by atoms with Crippen LogP contribution in [0.25, 0.3) is 22.2 Å². The summed E-state index contributed by atoms with van der Waals surface area (Å²) in [6.07, 6.45) is -3.01. The van der Waals surface area contributed by atoms with Crippen LogP contribution in [-0.2, 0) is 19.0 Å². The molecule has 32 heavy (non-hydrogen) atoms. The summed E-state index contributed by atoms with van der Waals surface area (Å²) < 4.78 is 46.1. The van der Waals surface area contributed by atoms with E-state index >= 15 is 0 Å². The smallest absolute Gasteiger partial charge is 0.388 e. The molecule has 0 fully saturated rings. The highest BCUT2D eigenvalue weighted by Gasteiger charge is 2.30. The summed E-state index contributed by atoms with van der Waals surface area (Å²) in [4.78, 5) is 0. The molecule has 1 N–H and O–H groups in total. The van der Waals surface area contributed by atoms with E-state index in [2.05, 4.69) is 21.6 Å². The highest BCUT2D eigenvalue weighted by molar-refractivity contribution is 5.84. The van der Waals surface area contributed by atoms with Crippen LogP contribution in [0.5, 0.6) is 0 Å². The van der Waals surface area contributed by atoms with Gasteiger partial charge in [0.15, 0.2) is 5.58 Å². The van der Waals surface area contributed by atoms with Crippen molar-refractivity contribution in [2.45, 2.75) is 45.8 Å². The Hall–Kier alpha value is -3.29. The van der Waals surface area contributed by atoms with Crippen molar-refractivity contribution in [1.29, 1.82) is 0 Å². The van der Waals surface area contributed by atoms with Crippen LogP contribution in [0.4, 0.5) is 18.9 Å². The zero-order valence-corrected chi connectivity index (χ0v) is 18.4. The van der Waals surface area contributed by atoms with E-state index in [1.54, 1.807) is 0 Å². The number of rotatable bonds is 6. The Labute approximate surface area is 184 Å². The minimum absolute atomic E-state index is 0.114. The monoisotopic (exact) mass is 442 g/mol. The molecule has 0 aliphatic heterocycles. The second kappa shape index (κ2) is 8.33. The van der Waals surface area contributed by atoms with Crippen molar-refractivity contribution < 1.29 is 17.7 Å². The van der Waals surface area contributed by atoms with Gasteiger partial charge >= 0.3 is 6.18 Å². The van der Waals surface area contributed by atoms with E-state index < -0.39 is 11.7 Å². The fourth-order valence-corrected chi connectivity index (χ4v) is 3.88. The van der Waals surface area contributed by atoms with Crippen molar-refractivity contribution in [3.63, 3.8) is 0 Å². The number of benzene rings is 2. The summed E-state index contributed by atoms with van der Waals surface area (Å²) in [6, 6.07) is 11.2. The first-order valence-corrected chi connectivity index (χ1v) is 10.5. The summed E-state index contributed by atoms with van der Waals surface area (Å²) in [6.45, 7) is 6.09. The Kier molecular flexibility index (Phi) is 5.71. The molecule has 0 radical (unpaired) electrons. The Bertz CT molecular complexity index is 1240. The molecule has 0 bridgehead atoms. The van der Waals surface area contributed by atoms with Gasteiger partial charge in [0.2, 0.25) is 0 Å². The maximum atomic E-state index is 12.9. The van der Waals surface area contributed by atoms with Gasteiger partial charge < -0.3 is 9.84 Å². The van der Waals surface area contributed by atoms with Crippen molar-refractivity contribution in [3.8, 4) is 11.3 Å². The summed E-state index contributed by atoms with van der Waals surface area (Å²) in [5, 5.41) is 13.0. The number of nitrogens with one attached hydrogen (secondary N) is 1. The van der Waals surface area contributed by atoms with E-state index in [1.807, 2.05) is 44.6 Å². The number of hydrogen-bond donors (Lipinski definition) is 1. The van der Waals surface area contributed by atoms with Gasteiger partial charge in [-0.15, -0.1) is 0 Å². The van der Waals surface area contributed by atoms with E-state index in [1.165, 1.54) is 12.1 Å². The Morgan fingerprint density at radius 2 is 1.78 bits per heavy atom. The van der Waals surface area contributed by atoms with E-state index in [-0.39, 0.29) is 6.04 Å². The quantitative estimate of drug-likeness (QED) is 0.374. The van der Waals surface area contributed by atoms with E-state index in [0.29, 0.717) is 24.1 Å². The topological polar surface area (TPSA) is 55.9 Å². The molecule has 0 atom stereocenters. The molecule has 168 valence electrons. The highest BCUT2D eigenvalue weighted by atomic mass is 19.4. The van der Waals surface area contributed by atoms with Crippen LogP contribution in [0.15, 0.2) is 47.0 Å². The van der Waals surface area contributed by atoms with Gasteiger partial charge in [0.25, 0.3) is 0 Å². The molecule has 8 heteroatoms. The number of nitrogens with zero attached hydrogens (tertiary/aromatic N) is 3. The maximum Gasteiger partial charge on any atom is 0.416 e. The van der Waals surface area contributed by atoms with Crippen LogP contribution in [0, 0.1) is 6.92 Å². The molecule has 4 aromatic rings. The third-order valence-electron chi connectivity index (χ3n) is 5.59. The first-order chi connectivity index (χ1) is 15.2. The number of aromatic nitrogens is 3. The van der Waals surface area contributed by atoms with Gasteiger partial charge in [-0.25, -0.2) is 0 Å². The second-order valence-corrected chi connectivity index (χ2v) is 8.18. The molecular formula is C24H25F3N4O. The summed E-state index contributed by atoms with van der Waals surface area (Å²) >= 11 is 0. The maximum absolute atomic E-state index is 12.9. The fourth-order valence-electron chi connectivity index (χ4n) is 3.88. The summed E-state index contributed by atoms with van der Waals surface area (Å²) in [5.74, 6) is 0. The average molecular weight is 442 g/mol. The number of halogens is 3. The molecule has 0 amide bonds. The Morgan fingerprint density at radius 3 is 2.41 bits per heavy atom. The molecule has 5 nitrogen and oxygen atoms in total. The van der Waals surface area contributed by atoms with Gasteiger partial charge in [0.1, 0.15) is 0 Å². The van der Waals surface area contributed by atoms with Crippen LogP contribution in [-0.4, -0.2) is 22.0 Å². The highest BCUT2D eigenvalue weighted by Crippen LogP contribution is 2.32. The van der Waals surface area contributed by atoms with Gasteiger partial charge in [-0.05, 0) is 63.4 Å². The lowest BCUT2D eigenvalue weighted by Crippen LogP contribution is -2.08. The molecular weight excluding hydrogens is 417 g/mol. The van der Waals surface area contributed by atoms with E-state index in [9.17, 15) is 13.2 Å². The first-order valence-electron chi connectivity index (χ1n) is 10.5. The normalized spacial score (nSPS) is 12.1. The van der Waals surface area contributed by atoms with Gasteiger partial charge in [-0.1, -0.05) is 17.3 Å². The number of alkyl halides is 3. The first kappa shape index (κ1) is 21.9. The zero-order valence-electron chi connectivity index (χ0n) is 18.4. The van der Waals surface area contributed by atoms with Crippen molar-refractivity contribution in [2.75, 3.05) is 12.4 Å². The standard InChI is InChI=1S/C24H25F3N4O/c1-14(2)31-18(12-22(29-31)16-5-7-17(8-6-16)24(25,26)27)9-10-20-19-11-15(3)21(28-4)13-23(19)32-30-20/h5-8,11-14,28H,9-10H2,1-4H3. The van der Waals surface area contributed by atoms with Crippen LogP contribution >= 0.6 is 0 Å². The Balaban J connectivity index is 1.60. The molecule has 4 rings (SSSR count). The minimum Gasteiger partial charge on any atom is -0.388 e. The second-order valence-electron chi connectivity index (χ2n) is 8.18. The molecule has 0 aliphatic carbocycles. The number of hydrogen-bond acceptors (Lipinski definition) is 4. The van der Waals surface area contributed by atoms with Gasteiger partial charge in [0, 0.05) is 41.5 Å². The Morgan fingerprint density at radius 1 is 1.06 bits per heavy atom. The number of fused-ring (bicyclic) bond motifs is 1. The lowest BCUT2D eigenvalue weighted by atomic mass is 10.1. The van der Waals surface area contributed by atoms with Crippen LogP contribution < -0.4 is 5.32 Å². The average Bonchev–Trinajstić information content (AvgIpc) is 3.35. The SMILES string of the molecule is CNc1cc2onc(CCc3cc(-c4ccc(C(F)(F)F)cc4)nn3C(C)C)c2cc1C. The lowest BCUT2D eigenvalue weighted by molar-refractivity contribution is -0.137. The van der Waals surface area contributed by atoms with Crippen molar-refractivity contribution in [3.05, 3.63) is 65.0 Å². The largest absolute Gasteiger partial charge is 0.416 e. The van der Waals surface area contributed by atoms with Gasteiger partial charge in [0.05, 0.1) is 17.0 Å². The van der Waals surface area contributed by atoms with Gasteiger partial charge in [-0.3, -0.25) is 4.68 Å². The fraction of sp³-hybridized carbons (Fsp3) is 0.333. The third-order valence-corrected chi connectivity index (χ3v) is 5.59. The lowest BCUT2D eigenvalue weighted by Gasteiger charge is -2.10. The van der Waals surface area contributed by atoms with Crippen molar-refractivity contribution in [1.82, 2.24) is 14.9 Å². The molecule has 0 saturated carbocycles. The van der Waals surface area contributed by atoms with Crippen molar-refractivity contribution in [2.24, 2.45) is 0 Å². The third kappa shape index (κ3) is 4.22. The van der Waals surface area contributed by atoms with Crippen LogP contribution in [0.1, 0.15) is 42.4 Å². The summed E-state index contributed by atoms with van der Waals surface area (Å²) in [7, 11) is 1.87.